The van der Waals surface area contributed by atoms with Gasteiger partial charge >= 0.3 is 57.5 Å². The van der Waals surface area contributed by atoms with Crippen LogP contribution in [0.4, 0.5) is 0 Å². The van der Waals surface area contributed by atoms with Crippen LogP contribution in [0.5, 0.6) is 0 Å². The Morgan fingerprint density at radius 3 is 1.00 bits per heavy atom. The first-order valence-corrected chi connectivity index (χ1v) is 2.68. The monoisotopic (exact) mass is 128 g/mol. The molecule has 0 saturated carbocycles. The van der Waals surface area contributed by atoms with E-state index in [-0.39, 0.29) is 51.3 Å². The van der Waals surface area contributed by atoms with Crippen molar-refractivity contribution in [3.8, 4) is 0 Å². The molecule has 0 aromatic carbocycles. The molecule has 36 valence electrons. The van der Waals surface area contributed by atoms with E-state index in [4.69, 9.17) is 19.2 Å². The molecule has 0 aliphatic heterocycles. The standard InChI is InChI=1S/Li.Na.H4O4Si.2H/c;;1-5(2,3)4;;/h;;1-4H;;/q2*+1;;2*-1. The van der Waals surface area contributed by atoms with Crippen molar-refractivity contribution in [1.29, 1.82) is 0 Å². The van der Waals surface area contributed by atoms with Crippen LogP contribution in [0.1, 0.15) is 2.85 Å². The Hall–Kier alpha value is 1.65. The van der Waals surface area contributed by atoms with Crippen molar-refractivity contribution in [2.45, 2.75) is 0 Å². The van der Waals surface area contributed by atoms with E-state index in [0.29, 0.717) is 0 Å². The molecule has 0 atom stereocenters. The van der Waals surface area contributed by atoms with Crippen molar-refractivity contribution < 1.29 is 70.5 Å². The maximum Gasteiger partial charge on any atom is 1.00 e. The second kappa shape index (κ2) is 5.78. The third-order valence-electron chi connectivity index (χ3n) is 0. The zero-order valence-electron chi connectivity index (χ0n) is 6.29. The predicted octanol–water partition coefficient (Wildman–Crippen LogP) is -8.38. The molecule has 0 aromatic heterocycles. The quantitative estimate of drug-likeness (QED) is 0.244. The van der Waals surface area contributed by atoms with Crippen LogP contribution < -0.4 is 48.4 Å². The second-order valence-electron chi connectivity index (χ2n) is 0.600. The Bertz CT molecular complexity index is 34.0. The van der Waals surface area contributed by atoms with E-state index >= 15 is 0 Å². The van der Waals surface area contributed by atoms with Gasteiger partial charge in [-0.3, -0.25) is 0 Å². The van der Waals surface area contributed by atoms with E-state index in [2.05, 4.69) is 0 Å². The van der Waals surface area contributed by atoms with Crippen LogP contribution >= 0.6 is 0 Å². The molecule has 0 aliphatic rings. The molecule has 0 amide bonds. The molecule has 0 heterocycles. The smallest absolute Gasteiger partial charge is 1.00 e. The van der Waals surface area contributed by atoms with Gasteiger partial charge in [0.2, 0.25) is 0 Å². The molecule has 4 N–H and O–H groups in total. The third-order valence-corrected chi connectivity index (χ3v) is 0. The van der Waals surface area contributed by atoms with E-state index in [1.54, 1.807) is 0 Å². The molecular formula is H6LiNaO4Si. The fraction of sp³-hybridized carbons (Fsp3) is 0. The van der Waals surface area contributed by atoms with Crippen LogP contribution in [0.25, 0.3) is 0 Å². The second-order valence-corrected chi connectivity index (χ2v) is 1.80. The van der Waals surface area contributed by atoms with Crippen LogP contribution in [0.3, 0.4) is 0 Å². The van der Waals surface area contributed by atoms with Gasteiger partial charge in [-0.1, -0.05) is 0 Å². The Kier molecular flexibility index (Phi) is 13.1. The molecule has 7 heteroatoms. The minimum atomic E-state index is -4.61. The van der Waals surface area contributed by atoms with Crippen molar-refractivity contribution in [2.24, 2.45) is 0 Å². The third kappa shape index (κ3) is 89.4. The average Bonchev–Trinajstić information content (AvgIpc) is 0.722. The molecule has 7 heavy (non-hydrogen) atoms. The maximum absolute atomic E-state index is 7.33. The van der Waals surface area contributed by atoms with Gasteiger partial charge in [-0.15, -0.1) is 0 Å². The average molecular weight is 128 g/mol. The molecule has 4 nitrogen and oxygen atoms in total. The summed E-state index contributed by atoms with van der Waals surface area (Å²) in [4.78, 5) is 29.3. The summed E-state index contributed by atoms with van der Waals surface area (Å²) in [7, 11) is -4.61. The van der Waals surface area contributed by atoms with Crippen molar-refractivity contribution in [3.63, 3.8) is 0 Å². The Balaban J connectivity index is -0.0000000133. The van der Waals surface area contributed by atoms with Gasteiger partial charge in [-0.05, 0) is 0 Å². The first kappa shape index (κ1) is 15.9. The van der Waals surface area contributed by atoms with Gasteiger partial charge in [0.1, 0.15) is 0 Å². The summed E-state index contributed by atoms with van der Waals surface area (Å²) >= 11 is 0. The first-order valence-electron chi connectivity index (χ1n) is 0.894. The van der Waals surface area contributed by atoms with Crippen LogP contribution in [0, 0.1) is 0 Å². The Morgan fingerprint density at radius 2 is 1.00 bits per heavy atom. The first-order chi connectivity index (χ1) is 2.00. The van der Waals surface area contributed by atoms with Crippen molar-refractivity contribution in [2.75, 3.05) is 0 Å². The van der Waals surface area contributed by atoms with Crippen LogP contribution in [-0.4, -0.2) is 28.2 Å². The fourth-order valence-corrected chi connectivity index (χ4v) is 0. The summed E-state index contributed by atoms with van der Waals surface area (Å²) in [6.07, 6.45) is 0. The van der Waals surface area contributed by atoms with Crippen LogP contribution in [0.15, 0.2) is 0 Å². The van der Waals surface area contributed by atoms with E-state index < -0.39 is 9.05 Å². The minimum absolute atomic E-state index is 0. The largest absolute Gasteiger partial charge is 1.00 e. The van der Waals surface area contributed by atoms with Gasteiger partial charge in [-0.25, -0.2) is 0 Å². The van der Waals surface area contributed by atoms with Gasteiger partial charge in [0.05, 0.1) is 0 Å². The normalized spacial score (nSPS) is 8.57. The molecular weight excluding hydrogens is 122 g/mol. The molecule has 0 saturated heterocycles. The van der Waals surface area contributed by atoms with E-state index in [1.807, 2.05) is 0 Å². The molecule has 0 bridgehead atoms. The summed E-state index contributed by atoms with van der Waals surface area (Å²) in [6, 6.07) is 0. The maximum atomic E-state index is 7.33. The zero-order chi connectivity index (χ0) is 4.50. The summed E-state index contributed by atoms with van der Waals surface area (Å²) in [6.45, 7) is 0. The van der Waals surface area contributed by atoms with Gasteiger partial charge in [0, 0.05) is 0 Å². The zero-order valence-corrected chi connectivity index (χ0v) is 7.29. The minimum Gasteiger partial charge on any atom is -1.00 e. The van der Waals surface area contributed by atoms with Gasteiger partial charge < -0.3 is 22.0 Å². The van der Waals surface area contributed by atoms with E-state index in [9.17, 15) is 0 Å². The molecule has 0 fully saturated rings. The number of hydrogen-bond donors (Lipinski definition) is 4. The predicted molar refractivity (Wildman–Crippen MR) is 16.9 cm³/mol. The Morgan fingerprint density at radius 1 is 1.00 bits per heavy atom. The fourth-order valence-electron chi connectivity index (χ4n) is 0. The summed E-state index contributed by atoms with van der Waals surface area (Å²) in [5.41, 5.74) is 0. The van der Waals surface area contributed by atoms with Crippen LogP contribution in [-0.2, 0) is 0 Å². The molecule has 0 aromatic rings. The van der Waals surface area contributed by atoms with Gasteiger partial charge in [0.15, 0.2) is 0 Å². The number of rotatable bonds is 0. The molecule has 0 spiro atoms. The molecule has 0 rings (SSSR count). The number of hydrogen-bond acceptors (Lipinski definition) is 4. The SMILES string of the molecule is O[Si](O)(O)O.[H-].[H-].[Li+].[Na+]. The van der Waals surface area contributed by atoms with Crippen molar-refractivity contribution in [1.82, 2.24) is 0 Å². The van der Waals surface area contributed by atoms with Gasteiger partial charge in [0.25, 0.3) is 0 Å². The summed E-state index contributed by atoms with van der Waals surface area (Å²) in [5.74, 6) is 0. The van der Waals surface area contributed by atoms with Crippen molar-refractivity contribution in [3.05, 3.63) is 0 Å². The van der Waals surface area contributed by atoms with Crippen LogP contribution in [0.2, 0.25) is 0 Å². The Labute approximate surface area is 79.1 Å². The van der Waals surface area contributed by atoms with E-state index in [0.717, 1.165) is 0 Å². The van der Waals surface area contributed by atoms with Gasteiger partial charge in [-0.2, -0.15) is 0 Å². The molecule has 0 unspecified atom stereocenters. The molecule has 0 radical (unpaired) electrons. The summed E-state index contributed by atoms with van der Waals surface area (Å²) in [5, 5.41) is 0. The van der Waals surface area contributed by atoms with E-state index in [1.165, 1.54) is 0 Å². The topological polar surface area (TPSA) is 80.9 Å². The summed E-state index contributed by atoms with van der Waals surface area (Å²) < 4.78 is 0. The van der Waals surface area contributed by atoms with Crippen molar-refractivity contribution >= 4 is 9.05 Å². The molecule has 0 aliphatic carbocycles.